The highest BCUT2D eigenvalue weighted by atomic mass is 32.1. The lowest BCUT2D eigenvalue weighted by molar-refractivity contribution is -0.132. The Morgan fingerprint density at radius 2 is 1.63 bits per heavy atom. The number of aliphatic hydroxyl groups is 1. The minimum atomic E-state index is -1.10. The van der Waals surface area contributed by atoms with Crippen molar-refractivity contribution in [2.75, 3.05) is 11.5 Å². The number of amides is 1. The molecule has 1 saturated heterocycles. The van der Waals surface area contributed by atoms with Gasteiger partial charge in [0.25, 0.3) is 5.78 Å². The second kappa shape index (κ2) is 14.4. The Morgan fingerprint density at radius 3 is 2.35 bits per heavy atom. The molecule has 0 bridgehead atoms. The zero-order valence-corrected chi connectivity index (χ0v) is 27.6. The van der Waals surface area contributed by atoms with E-state index < -0.39 is 23.7 Å². The predicted molar refractivity (Wildman–Crippen MR) is 187 cm³/mol. The van der Waals surface area contributed by atoms with Crippen LogP contribution in [0, 0.1) is 13.8 Å². The molecule has 5 aromatic rings. The molecule has 1 amide bonds. The molecule has 49 heavy (non-hydrogen) atoms. The minimum Gasteiger partial charge on any atom is -0.507 e. The molecule has 1 N–H and O–H groups in total. The summed E-state index contributed by atoms with van der Waals surface area (Å²) in [7, 11) is 0. The largest absolute Gasteiger partial charge is 0.507 e. The number of aryl methyl sites for hydroxylation is 2. The number of aliphatic hydroxyl groups excluding tert-OH is 1. The average Bonchev–Trinajstić information content (AvgIpc) is 3.62. The fraction of sp³-hybridized carbons (Fsp3) is 0.128. The van der Waals surface area contributed by atoms with Crippen LogP contribution in [-0.2, 0) is 20.9 Å². The van der Waals surface area contributed by atoms with E-state index in [0.29, 0.717) is 46.2 Å². The van der Waals surface area contributed by atoms with E-state index in [0.717, 1.165) is 16.9 Å². The van der Waals surface area contributed by atoms with Gasteiger partial charge in [0.05, 0.1) is 17.3 Å². The molecule has 4 aromatic carbocycles. The number of carbonyl (C=O) groups is 3. The van der Waals surface area contributed by atoms with Gasteiger partial charge in [0, 0.05) is 5.56 Å². The summed E-state index contributed by atoms with van der Waals surface area (Å²) in [6, 6.07) is 29.9. The van der Waals surface area contributed by atoms with Crippen molar-refractivity contribution in [1.82, 2.24) is 4.98 Å². The van der Waals surface area contributed by atoms with Crippen molar-refractivity contribution in [1.29, 1.82) is 0 Å². The summed E-state index contributed by atoms with van der Waals surface area (Å²) in [5, 5.41) is 11.9. The molecule has 0 aliphatic carbocycles. The van der Waals surface area contributed by atoms with Crippen LogP contribution in [0.25, 0.3) is 5.76 Å². The first-order chi connectivity index (χ1) is 23.7. The average molecular weight is 673 g/mol. The molecule has 0 saturated carbocycles. The zero-order valence-electron chi connectivity index (χ0n) is 26.8. The van der Waals surface area contributed by atoms with Crippen molar-refractivity contribution in [3.8, 4) is 17.2 Å². The molecule has 10 heteroatoms. The number of Topliss-reactive ketones (excluding diaryl/α,β-unsaturated/α-hetero) is 1. The molecule has 9 nitrogen and oxygen atoms in total. The summed E-state index contributed by atoms with van der Waals surface area (Å²) >= 11 is 0.926. The Bertz CT molecular complexity index is 2070. The second-order valence-electron chi connectivity index (χ2n) is 11.2. The number of rotatable bonds is 11. The number of benzene rings is 4. The van der Waals surface area contributed by atoms with Crippen molar-refractivity contribution in [2.24, 2.45) is 0 Å². The SMILES string of the molecule is C=CCOC(=O)c1sc(N2C(=O)C(=O)C(=C(O)c3ccc(OCc4ccccc4)cc3C)[C@@H]2c2cccc(Oc3ccccc3)c2)nc1C. The first kappa shape index (κ1) is 32.9. The third-order valence-corrected chi connectivity index (χ3v) is 8.94. The van der Waals surface area contributed by atoms with Crippen molar-refractivity contribution in [3.63, 3.8) is 0 Å². The van der Waals surface area contributed by atoms with Gasteiger partial charge < -0.3 is 19.3 Å². The van der Waals surface area contributed by atoms with Crippen molar-refractivity contribution in [3.05, 3.63) is 154 Å². The quantitative estimate of drug-likeness (QED) is 0.0492. The molecule has 0 radical (unpaired) electrons. The van der Waals surface area contributed by atoms with E-state index in [-0.39, 0.29) is 27.9 Å². The lowest BCUT2D eigenvalue weighted by Gasteiger charge is -2.23. The maximum absolute atomic E-state index is 13.9. The van der Waals surface area contributed by atoms with Gasteiger partial charge in [-0.05, 0) is 73.0 Å². The molecular formula is C39H32N2O7S. The first-order valence-corrected chi connectivity index (χ1v) is 16.2. The minimum absolute atomic E-state index is 0.000334. The third-order valence-electron chi connectivity index (χ3n) is 7.81. The summed E-state index contributed by atoms with van der Waals surface area (Å²) in [4.78, 5) is 46.4. The molecule has 246 valence electrons. The number of esters is 1. The molecular weight excluding hydrogens is 641 g/mol. The molecule has 1 aliphatic rings. The lowest BCUT2D eigenvalue weighted by atomic mass is 9.94. The fourth-order valence-corrected chi connectivity index (χ4v) is 6.46. The first-order valence-electron chi connectivity index (χ1n) is 15.4. The van der Waals surface area contributed by atoms with E-state index in [1.165, 1.54) is 11.0 Å². The Kier molecular flexibility index (Phi) is 9.68. The Hall–Kier alpha value is -6.00. The van der Waals surface area contributed by atoms with Gasteiger partial charge in [0.2, 0.25) is 0 Å². The molecule has 0 unspecified atom stereocenters. The monoisotopic (exact) mass is 672 g/mol. The number of hydrogen-bond acceptors (Lipinski definition) is 9. The molecule has 2 heterocycles. The molecule has 1 fully saturated rings. The van der Waals surface area contributed by atoms with Crippen LogP contribution in [0.4, 0.5) is 5.13 Å². The molecule has 1 atom stereocenters. The van der Waals surface area contributed by atoms with Gasteiger partial charge in [0.1, 0.15) is 41.1 Å². The van der Waals surface area contributed by atoms with Crippen molar-refractivity contribution in [2.45, 2.75) is 26.5 Å². The van der Waals surface area contributed by atoms with Gasteiger partial charge in [0.15, 0.2) is 5.13 Å². The van der Waals surface area contributed by atoms with E-state index in [4.69, 9.17) is 14.2 Å². The number of ketones is 1. The standard InChI is InChI=1S/C39H32N2O7S/c1-4-20-46-38(45)36-25(3)40-39(49-36)41-33(27-14-11-17-30(22-27)48-28-15-9-6-10-16-28)32(35(43)37(41)44)34(42)31-19-18-29(21-24(31)2)47-23-26-12-7-5-8-13-26/h4-19,21-22,33,42H,1,20,23H2,2-3H3/t33-/m0/s1. The Morgan fingerprint density at radius 1 is 0.918 bits per heavy atom. The van der Waals surface area contributed by atoms with Crippen LogP contribution in [0.2, 0.25) is 0 Å². The molecule has 1 aromatic heterocycles. The van der Waals surface area contributed by atoms with Crippen LogP contribution >= 0.6 is 11.3 Å². The summed E-state index contributed by atoms with van der Waals surface area (Å²) < 4.78 is 17.3. The highest BCUT2D eigenvalue weighted by Gasteiger charge is 2.48. The van der Waals surface area contributed by atoms with Gasteiger partial charge in [-0.2, -0.15) is 0 Å². The number of ether oxygens (including phenoxy) is 3. The van der Waals surface area contributed by atoms with Crippen LogP contribution in [0.3, 0.4) is 0 Å². The number of hydrogen-bond donors (Lipinski definition) is 1. The van der Waals surface area contributed by atoms with Crippen LogP contribution < -0.4 is 14.4 Å². The summed E-state index contributed by atoms with van der Waals surface area (Å²) in [5.74, 6) is -1.16. The maximum Gasteiger partial charge on any atom is 0.350 e. The summed E-state index contributed by atoms with van der Waals surface area (Å²) in [5.41, 5.74) is 2.67. The van der Waals surface area contributed by atoms with Crippen LogP contribution in [0.5, 0.6) is 17.2 Å². The van der Waals surface area contributed by atoms with Gasteiger partial charge in [-0.1, -0.05) is 84.7 Å². The normalized spacial score (nSPS) is 15.2. The number of carbonyl (C=O) groups excluding carboxylic acids is 3. The van der Waals surface area contributed by atoms with E-state index in [2.05, 4.69) is 11.6 Å². The predicted octanol–water partition coefficient (Wildman–Crippen LogP) is 8.10. The molecule has 0 spiro atoms. The Labute approximate surface area is 287 Å². The van der Waals surface area contributed by atoms with E-state index >= 15 is 0 Å². The molecule has 1 aliphatic heterocycles. The zero-order chi connectivity index (χ0) is 34.5. The van der Waals surface area contributed by atoms with Crippen LogP contribution in [0.1, 0.15) is 43.7 Å². The number of aromatic nitrogens is 1. The highest BCUT2D eigenvalue weighted by molar-refractivity contribution is 7.17. The van der Waals surface area contributed by atoms with E-state index in [9.17, 15) is 19.5 Å². The van der Waals surface area contributed by atoms with Crippen LogP contribution in [0.15, 0.2) is 121 Å². The van der Waals surface area contributed by atoms with E-state index in [1.807, 2.05) is 48.5 Å². The van der Waals surface area contributed by atoms with Gasteiger partial charge in [-0.25, -0.2) is 9.78 Å². The fourth-order valence-electron chi connectivity index (χ4n) is 5.47. The number of thiazole rings is 1. The van der Waals surface area contributed by atoms with Gasteiger partial charge in [-0.3, -0.25) is 14.5 Å². The highest BCUT2D eigenvalue weighted by Crippen LogP contribution is 2.45. The Balaban J connectivity index is 1.42. The number of anilines is 1. The number of nitrogens with zero attached hydrogens (tertiary/aromatic N) is 2. The van der Waals surface area contributed by atoms with Gasteiger partial charge >= 0.3 is 11.9 Å². The molecule has 6 rings (SSSR count). The van der Waals surface area contributed by atoms with E-state index in [1.54, 1.807) is 68.4 Å². The van der Waals surface area contributed by atoms with Crippen molar-refractivity contribution >= 4 is 39.9 Å². The van der Waals surface area contributed by atoms with Gasteiger partial charge in [-0.15, -0.1) is 0 Å². The summed E-state index contributed by atoms with van der Waals surface area (Å²) in [6.07, 6.45) is 1.45. The maximum atomic E-state index is 13.9. The third kappa shape index (κ3) is 7.00. The smallest absolute Gasteiger partial charge is 0.350 e. The second-order valence-corrected chi connectivity index (χ2v) is 12.2. The topological polar surface area (TPSA) is 115 Å². The van der Waals surface area contributed by atoms with Crippen molar-refractivity contribution < 1.29 is 33.7 Å². The summed E-state index contributed by atoms with van der Waals surface area (Å²) in [6.45, 7) is 7.33. The van der Waals surface area contributed by atoms with Crippen LogP contribution in [-0.4, -0.2) is 34.4 Å². The lowest BCUT2D eigenvalue weighted by Crippen LogP contribution is -2.29. The number of para-hydroxylation sites is 1.